The van der Waals surface area contributed by atoms with E-state index in [2.05, 4.69) is 31.2 Å². The monoisotopic (exact) mass is 251 g/mol. The molecule has 18 heavy (non-hydrogen) atoms. The van der Waals surface area contributed by atoms with Crippen LogP contribution in [-0.4, -0.2) is 27.5 Å². The summed E-state index contributed by atoms with van der Waals surface area (Å²) in [5.41, 5.74) is 0.929. The molecule has 0 spiro atoms. The van der Waals surface area contributed by atoms with E-state index in [1.807, 2.05) is 10.9 Å². The first-order valence-corrected chi connectivity index (χ1v) is 7.07. The first-order valence-electron chi connectivity index (χ1n) is 7.07. The fraction of sp³-hybridized carbons (Fsp3) is 0.786. The van der Waals surface area contributed by atoms with E-state index in [0.717, 1.165) is 24.4 Å². The van der Waals surface area contributed by atoms with Crippen molar-refractivity contribution in [2.24, 2.45) is 5.92 Å². The molecule has 1 aliphatic heterocycles. The van der Waals surface area contributed by atoms with Crippen LogP contribution >= 0.6 is 0 Å². The zero-order valence-electron chi connectivity index (χ0n) is 11.6. The van der Waals surface area contributed by atoms with Gasteiger partial charge in [0.05, 0.1) is 12.3 Å². The van der Waals surface area contributed by atoms with Crippen LogP contribution in [0.2, 0.25) is 0 Å². The second kappa shape index (κ2) is 5.85. The molecule has 2 N–H and O–H groups in total. The minimum atomic E-state index is -0.438. The smallest absolute Gasteiger partial charge is 0.0973 e. The normalized spacial score (nSPS) is 26.5. The van der Waals surface area contributed by atoms with E-state index in [0.29, 0.717) is 6.04 Å². The van der Waals surface area contributed by atoms with Crippen LogP contribution < -0.4 is 5.32 Å². The lowest BCUT2D eigenvalue weighted by molar-refractivity contribution is 0.0978. The summed E-state index contributed by atoms with van der Waals surface area (Å²) in [7, 11) is 0. The molecule has 1 saturated heterocycles. The van der Waals surface area contributed by atoms with Gasteiger partial charge >= 0.3 is 0 Å². The third-order valence-electron chi connectivity index (χ3n) is 4.00. The van der Waals surface area contributed by atoms with Crippen LogP contribution in [0.5, 0.6) is 0 Å². The van der Waals surface area contributed by atoms with Crippen LogP contribution in [0.4, 0.5) is 0 Å². The molecular weight excluding hydrogens is 226 g/mol. The Morgan fingerprint density at radius 1 is 1.56 bits per heavy atom. The molecule has 1 aliphatic rings. The fourth-order valence-electron chi connectivity index (χ4n) is 2.66. The molecule has 102 valence electrons. The molecule has 0 saturated carbocycles. The SMILES string of the molecule is CCC1CCNC(C(O)c2cnn(C(C)C)c2)C1. The van der Waals surface area contributed by atoms with Gasteiger partial charge in [0.25, 0.3) is 0 Å². The van der Waals surface area contributed by atoms with E-state index in [-0.39, 0.29) is 6.04 Å². The Kier molecular flexibility index (Phi) is 4.40. The Balaban J connectivity index is 2.03. The maximum absolute atomic E-state index is 10.4. The minimum Gasteiger partial charge on any atom is -0.387 e. The highest BCUT2D eigenvalue weighted by atomic mass is 16.3. The highest BCUT2D eigenvalue weighted by Crippen LogP contribution is 2.27. The molecule has 1 aromatic heterocycles. The van der Waals surface area contributed by atoms with Crippen molar-refractivity contribution < 1.29 is 5.11 Å². The minimum absolute atomic E-state index is 0.175. The van der Waals surface area contributed by atoms with Gasteiger partial charge in [-0.15, -0.1) is 0 Å². The average molecular weight is 251 g/mol. The maximum atomic E-state index is 10.4. The van der Waals surface area contributed by atoms with Gasteiger partial charge < -0.3 is 10.4 Å². The summed E-state index contributed by atoms with van der Waals surface area (Å²) in [5, 5.41) is 18.2. The van der Waals surface area contributed by atoms with Crippen LogP contribution in [0.3, 0.4) is 0 Å². The largest absolute Gasteiger partial charge is 0.387 e. The van der Waals surface area contributed by atoms with Gasteiger partial charge in [0, 0.05) is 23.8 Å². The second-order valence-corrected chi connectivity index (χ2v) is 5.65. The lowest BCUT2D eigenvalue weighted by Gasteiger charge is -2.32. The summed E-state index contributed by atoms with van der Waals surface area (Å²) in [4.78, 5) is 0. The number of aliphatic hydroxyl groups is 1. The Morgan fingerprint density at radius 2 is 2.33 bits per heavy atom. The predicted octanol–water partition coefficient (Wildman–Crippen LogP) is 2.28. The summed E-state index contributed by atoms with van der Waals surface area (Å²) in [5.74, 6) is 0.742. The molecule has 1 fully saturated rings. The van der Waals surface area contributed by atoms with Gasteiger partial charge in [0.1, 0.15) is 0 Å². The van der Waals surface area contributed by atoms with E-state index in [9.17, 15) is 5.11 Å². The Labute approximate surface area is 109 Å². The van der Waals surface area contributed by atoms with Crippen molar-refractivity contribution in [3.05, 3.63) is 18.0 Å². The number of piperidine rings is 1. The first kappa shape index (κ1) is 13.6. The molecule has 3 unspecified atom stereocenters. The molecule has 4 nitrogen and oxygen atoms in total. The van der Waals surface area contributed by atoms with Crippen LogP contribution in [-0.2, 0) is 0 Å². The standard InChI is InChI=1S/C14H25N3O/c1-4-11-5-6-15-13(7-11)14(18)12-8-16-17(9-12)10(2)3/h8-11,13-15,18H,4-7H2,1-3H3. The van der Waals surface area contributed by atoms with Crippen molar-refractivity contribution in [2.75, 3.05) is 6.54 Å². The molecule has 1 aromatic rings. The van der Waals surface area contributed by atoms with Crippen molar-refractivity contribution >= 4 is 0 Å². The van der Waals surface area contributed by atoms with E-state index in [1.165, 1.54) is 12.8 Å². The first-order chi connectivity index (χ1) is 8.61. The summed E-state index contributed by atoms with van der Waals surface area (Å²) in [6.07, 6.45) is 6.81. The third kappa shape index (κ3) is 2.93. The van der Waals surface area contributed by atoms with E-state index in [4.69, 9.17) is 0 Å². The molecule has 0 bridgehead atoms. The molecule has 0 amide bonds. The van der Waals surface area contributed by atoms with Crippen molar-refractivity contribution in [1.82, 2.24) is 15.1 Å². The highest BCUT2D eigenvalue weighted by molar-refractivity contribution is 5.11. The molecule has 2 rings (SSSR count). The number of rotatable bonds is 4. The van der Waals surface area contributed by atoms with Crippen LogP contribution in [0, 0.1) is 5.92 Å². The van der Waals surface area contributed by atoms with Crippen molar-refractivity contribution in [1.29, 1.82) is 0 Å². The van der Waals surface area contributed by atoms with Gasteiger partial charge in [-0.3, -0.25) is 4.68 Å². The van der Waals surface area contributed by atoms with Gasteiger partial charge in [-0.05, 0) is 39.2 Å². The average Bonchev–Trinajstić information content (AvgIpc) is 2.87. The summed E-state index contributed by atoms with van der Waals surface area (Å²) < 4.78 is 1.90. The van der Waals surface area contributed by atoms with Gasteiger partial charge in [-0.1, -0.05) is 13.3 Å². The van der Waals surface area contributed by atoms with E-state index in [1.54, 1.807) is 6.20 Å². The zero-order valence-corrected chi connectivity index (χ0v) is 11.6. The number of hydrogen-bond donors (Lipinski definition) is 2. The van der Waals surface area contributed by atoms with E-state index < -0.39 is 6.10 Å². The quantitative estimate of drug-likeness (QED) is 0.863. The summed E-state index contributed by atoms with van der Waals surface area (Å²) >= 11 is 0. The predicted molar refractivity (Wildman–Crippen MR) is 72.4 cm³/mol. The van der Waals surface area contributed by atoms with Crippen LogP contribution in [0.15, 0.2) is 12.4 Å². The molecule has 2 heterocycles. The number of hydrogen-bond acceptors (Lipinski definition) is 3. The molecular formula is C14H25N3O. The van der Waals surface area contributed by atoms with Crippen molar-refractivity contribution in [2.45, 2.75) is 58.2 Å². The lowest BCUT2D eigenvalue weighted by Crippen LogP contribution is -2.42. The van der Waals surface area contributed by atoms with Gasteiger partial charge in [-0.2, -0.15) is 5.10 Å². The van der Waals surface area contributed by atoms with Crippen molar-refractivity contribution in [3.8, 4) is 0 Å². The van der Waals surface area contributed by atoms with Gasteiger partial charge in [-0.25, -0.2) is 0 Å². The molecule has 0 aliphatic carbocycles. The van der Waals surface area contributed by atoms with Crippen LogP contribution in [0.1, 0.15) is 57.7 Å². The topological polar surface area (TPSA) is 50.1 Å². The van der Waals surface area contributed by atoms with Crippen LogP contribution in [0.25, 0.3) is 0 Å². The number of nitrogens with one attached hydrogen (secondary N) is 1. The molecule has 4 heteroatoms. The highest BCUT2D eigenvalue weighted by Gasteiger charge is 2.27. The number of aromatic nitrogens is 2. The van der Waals surface area contributed by atoms with Gasteiger partial charge in [0.15, 0.2) is 0 Å². The third-order valence-corrected chi connectivity index (χ3v) is 4.00. The Morgan fingerprint density at radius 3 is 2.94 bits per heavy atom. The lowest BCUT2D eigenvalue weighted by atomic mass is 9.87. The summed E-state index contributed by atoms with van der Waals surface area (Å²) in [6.45, 7) is 7.43. The fourth-order valence-corrected chi connectivity index (χ4v) is 2.66. The molecule has 3 atom stereocenters. The Bertz CT molecular complexity index is 375. The number of aliphatic hydroxyl groups excluding tert-OH is 1. The second-order valence-electron chi connectivity index (χ2n) is 5.65. The molecule has 0 aromatic carbocycles. The van der Waals surface area contributed by atoms with E-state index >= 15 is 0 Å². The summed E-state index contributed by atoms with van der Waals surface area (Å²) in [6, 6.07) is 0.516. The zero-order chi connectivity index (χ0) is 13.1. The van der Waals surface area contributed by atoms with Gasteiger partial charge in [0.2, 0.25) is 0 Å². The maximum Gasteiger partial charge on any atom is 0.0973 e. The van der Waals surface area contributed by atoms with Crippen molar-refractivity contribution in [3.63, 3.8) is 0 Å². The number of nitrogens with zero attached hydrogens (tertiary/aromatic N) is 2. The Hall–Kier alpha value is -0.870. The molecule has 0 radical (unpaired) electrons.